The monoisotopic (exact) mass is 441 g/mol. The Balaban J connectivity index is 1.28. The second-order valence-corrected chi connectivity index (χ2v) is 8.80. The molecule has 1 saturated heterocycles. The molecule has 1 aromatic carbocycles. The first-order valence-electron chi connectivity index (χ1n) is 11.6. The number of anilines is 1. The summed E-state index contributed by atoms with van der Waals surface area (Å²) in [4.78, 5) is 14.1. The van der Waals surface area contributed by atoms with Gasteiger partial charge in [-0.2, -0.15) is 0 Å². The van der Waals surface area contributed by atoms with Crippen LogP contribution in [0.2, 0.25) is 0 Å². The first kappa shape index (κ1) is 20.1. The highest BCUT2D eigenvalue weighted by Gasteiger charge is 2.19. The highest BCUT2D eigenvalue weighted by molar-refractivity contribution is 5.78. The molecule has 0 aliphatic carbocycles. The van der Waals surface area contributed by atoms with Crippen LogP contribution in [0.4, 0.5) is 5.82 Å². The van der Waals surface area contributed by atoms with Crippen molar-refractivity contribution in [1.82, 2.24) is 29.5 Å². The Kier molecular flexibility index (Phi) is 5.14. The maximum absolute atomic E-state index is 5.72. The number of rotatable bonds is 5. The molecule has 3 aromatic heterocycles. The summed E-state index contributed by atoms with van der Waals surface area (Å²) in [6, 6.07) is 10.5. The summed E-state index contributed by atoms with van der Waals surface area (Å²) in [6.45, 7) is 4.84. The van der Waals surface area contributed by atoms with Gasteiger partial charge in [0.15, 0.2) is 5.65 Å². The Morgan fingerprint density at radius 2 is 1.94 bits per heavy atom. The Hall–Kier alpha value is -3.52. The van der Waals surface area contributed by atoms with Gasteiger partial charge in [-0.3, -0.25) is 4.40 Å². The number of fused-ring (bicyclic) bond motifs is 2. The first-order valence-corrected chi connectivity index (χ1v) is 11.6. The second kappa shape index (κ2) is 8.44. The van der Waals surface area contributed by atoms with E-state index in [9.17, 15) is 0 Å². The molecule has 33 heavy (non-hydrogen) atoms. The zero-order valence-electron chi connectivity index (χ0n) is 18.8. The van der Waals surface area contributed by atoms with Crippen LogP contribution in [-0.2, 0) is 19.3 Å². The predicted octanol–water partition coefficient (Wildman–Crippen LogP) is 2.66. The predicted molar refractivity (Wildman–Crippen MR) is 127 cm³/mol. The molecule has 5 heterocycles. The van der Waals surface area contributed by atoms with Gasteiger partial charge in [0, 0.05) is 62.5 Å². The number of hydrogen-bond acceptors (Lipinski definition) is 7. The van der Waals surface area contributed by atoms with Crippen molar-refractivity contribution < 1.29 is 4.74 Å². The minimum atomic E-state index is 0.775. The molecule has 2 aliphatic rings. The first-order chi connectivity index (χ1) is 16.3. The molecule has 6 rings (SSSR count). The van der Waals surface area contributed by atoms with Gasteiger partial charge in [-0.25, -0.2) is 9.97 Å². The molecule has 168 valence electrons. The quantitative estimate of drug-likeness (QED) is 0.471. The van der Waals surface area contributed by atoms with E-state index in [1.165, 1.54) is 11.1 Å². The van der Waals surface area contributed by atoms with Gasteiger partial charge >= 0.3 is 0 Å². The van der Waals surface area contributed by atoms with Crippen LogP contribution in [0.5, 0.6) is 5.75 Å². The summed E-state index contributed by atoms with van der Waals surface area (Å²) >= 11 is 0. The molecule has 0 radical (unpaired) electrons. The highest BCUT2D eigenvalue weighted by atomic mass is 16.5. The van der Waals surface area contributed by atoms with Crippen LogP contribution in [-0.4, -0.2) is 69.3 Å². The summed E-state index contributed by atoms with van der Waals surface area (Å²) in [7, 11) is 2.16. The fourth-order valence-corrected chi connectivity index (χ4v) is 4.82. The van der Waals surface area contributed by atoms with Crippen LogP contribution in [0.1, 0.15) is 17.0 Å². The van der Waals surface area contributed by atoms with Crippen molar-refractivity contribution >= 4 is 11.5 Å². The lowest BCUT2D eigenvalue weighted by Gasteiger charge is -2.33. The van der Waals surface area contributed by atoms with E-state index >= 15 is 0 Å². The molecule has 0 saturated carbocycles. The normalized spacial score (nSPS) is 16.2. The summed E-state index contributed by atoms with van der Waals surface area (Å²) < 4.78 is 7.74. The van der Waals surface area contributed by atoms with Crippen LogP contribution in [0.3, 0.4) is 0 Å². The van der Waals surface area contributed by atoms with E-state index < -0.39 is 0 Å². The lowest BCUT2D eigenvalue weighted by atomic mass is 10.0. The third-order valence-corrected chi connectivity index (χ3v) is 6.75. The molecule has 0 N–H and O–H groups in total. The zero-order valence-corrected chi connectivity index (χ0v) is 18.8. The molecule has 0 spiro atoms. The van der Waals surface area contributed by atoms with Gasteiger partial charge in [0.1, 0.15) is 23.7 Å². The highest BCUT2D eigenvalue weighted by Crippen LogP contribution is 2.30. The molecule has 0 atom stereocenters. The number of hydrogen-bond donors (Lipinski definition) is 0. The number of ether oxygens (including phenoxy) is 1. The third-order valence-electron chi connectivity index (χ3n) is 6.75. The third kappa shape index (κ3) is 3.80. The number of nitrogens with zero attached hydrogens (tertiary/aromatic N) is 7. The molecule has 8 nitrogen and oxygen atoms in total. The number of likely N-dealkylation sites (N-methyl/N-ethyl adjacent to an activating group) is 1. The molecule has 2 aliphatic heterocycles. The Labute approximate surface area is 192 Å². The lowest BCUT2D eigenvalue weighted by molar-refractivity contribution is 0.312. The van der Waals surface area contributed by atoms with Crippen molar-refractivity contribution in [3.63, 3.8) is 0 Å². The maximum Gasteiger partial charge on any atom is 0.171 e. The summed E-state index contributed by atoms with van der Waals surface area (Å²) in [6.07, 6.45) is 8.28. The Bertz CT molecular complexity index is 1290. The smallest absolute Gasteiger partial charge is 0.171 e. The van der Waals surface area contributed by atoms with Crippen molar-refractivity contribution in [3.8, 4) is 16.9 Å². The number of benzene rings is 1. The lowest BCUT2D eigenvalue weighted by Crippen LogP contribution is -2.44. The fraction of sp³-hybridized carbons (Fsp3) is 0.360. The maximum atomic E-state index is 5.72. The van der Waals surface area contributed by atoms with E-state index in [-0.39, 0.29) is 0 Å². The van der Waals surface area contributed by atoms with Crippen LogP contribution >= 0.6 is 0 Å². The van der Waals surface area contributed by atoms with Crippen molar-refractivity contribution in [2.45, 2.75) is 19.3 Å². The summed E-state index contributed by atoms with van der Waals surface area (Å²) in [5.41, 5.74) is 5.54. The topological polar surface area (TPSA) is 71.7 Å². The molecule has 0 amide bonds. The molecular formula is C25H27N7O. The van der Waals surface area contributed by atoms with Crippen LogP contribution in [0.15, 0.2) is 49.1 Å². The van der Waals surface area contributed by atoms with E-state index in [1.54, 1.807) is 6.33 Å². The average molecular weight is 442 g/mol. The zero-order chi connectivity index (χ0) is 22.2. The number of piperazine rings is 1. The van der Waals surface area contributed by atoms with Gasteiger partial charge in [-0.1, -0.05) is 12.1 Å². The van der Waals surface area contributed by atoms with E-state index in [2.05, 4.69) is 56.3 Å². The van der Waals surface area contributed by atoms with Gasteiger partial charge in [0.2, 0.25) is 0 Å². The minimum Gasteiger partial charge on any atom is -0.493 e. The molecule has 1 fully saturated rings. The van der Waals surface area contributed by atoms with Crippen molar-refractivity contribution in [1.29, 1.82) is 0 Å². The minimum absolute atomic E-state index is 0.775. The van der Waals surface area contributed by atoms with Crippen molar-refractivity contribution in [3.05, 3.63) is 66.0 Å². The summed E-state index contributed by atoms with van der Waals surface area (Å²) in [5.74, 6) is 2.99. The van der Waals surface area contributed by atoms with E-state index in [4.69, 9.17) is 9.72 Å². The van der Waals surface area contributed by atoms with E-state index in [1.807, 2.05) is 22.9 Å². The van der Waals surface area contributed by atoms with Crippen LogP contribution in [0.25, 0.3) is 16.8 Å². The SMILES string of the molecule is CN1CCN(c2cc(-c3cnc(CCc4cccc5c4CCO5)n4cnnc34)ccn2)CC1. The average Bonchev–Trinajstić information content (AvgIpc) is 3.53. The molecule has 0 unspecified atom stereocenters. The van der Waals surface area contributed by atoms with E-state index in [0.717, 1.165) is 86.2 Å². The van der Waals surface area contributed by atoms with Crippen LogP contribution in [0, 0.1) is 0 Å². The van der Waals surface area contributed by atoms with Crippen LogP contribution < -0.4 is 9.64 Å². The van der Waals surface area contributed by atoms with Gasteiger partial charge in [-0.05, 0) is 42.8 Å². The molecule has 8 heteroatoms. The second-order valence-electron chi connectivity index (χ2n) is 8.80. The molecular weight excluding hydrogens is 414 g/mol. The molecule has 4 aromatic rings. The fourth-order valence-electron chi connectivity index (χ4n) is 4.82. The Morgan fingerprint density at radius 1 is 1.03 bits per heavy atom. The number of aromatic nitrogens is 5. The van der Waals surface area contributed by atoms with Crippen molar-refractivity contribution in [2.75, 3.05) is 44.7 Å². The van der Waals surface area contributed by atoms with E-state index in [0.29, 0.717) is 0 Å². The number of aryl methyl sites for hydroxylation is 2. The van der Waals surface area contributed by atoms with Gasteiger partial charge in [-0.15, -0.1) is 10.2 Å². The van der Waals surface area contributed by atoms with Gasteiger partial charge < -0.3 is 14.5 Å². The van der Waals surface area contributed by atoms with Gasteiger partial charge in [0.05, 0.1) is 6.61 Å². The standard InChI is InChI=1S/C25H27N7O/c1-30-10-12-31(13-11-30)24-15-19(7-9-26-24)21-16-27-23(32-17-28-29-25(21)32)6-5-18-3-2-4-22-20(18)8-14-33-22/h2-4,7,9,15-17H,5-6,8,10-14H2,1H3. The Morgan fingerprint density at radius 3 is 2.85 bits per heavy atom. The molecule has 0 bridgehead atoms. The number of pyridine rings is 1. The summed E-state index contributed by atoms with van der Waals surface area (Å²) in [5, 5.41) is 8.64. The largest absolute Gasteiger partial charge is 0.493 e. The van der Waals surface area contributed by atoms with Crippen molar-refractivity contribution in [2.24, 2.45) is 0 Å². The van der Waals surface area contributed by atoms with Gasteiger partial charge in [0.25, 0.3) is 0 Å².